The molecule has 1 aliphatic carbocycles. The number of hydrogen-bond acceptors (Lipinski definition) is 5. The van der Waals surface area contributed by atoms with Crippen LogP contribution in [0.1, 0.15) is 49.3 Å². The number of halogens is 2. The van der Waals surface area contributed by atoms with Crippen molar-refractivity contribution in [1.82, 2.24) is 0 Å². The first-order valence-electron chi connectivity index (χ1n) is 11.1. The van der Waals surface area contributed by atoms with Gasteiger partial charge in [-0.1, -0.05) is 37.1 Å². The number of nitrogens with zero attached hydrogens (tertiary/aromatic N) is 1. The van der Waals surface area contributed by atoms with Crippen molar-refractivity contribution >= 4 is 33.3 Å². The number of carbonyl (C=O) groups excluding carboxylic acids is 1. The second kappa shape index (κ2) is 9.28. The van der Waals surface area contributed by atoms with Crippen molar-refractivity contribution in [3.05, 3.63) is 63.9 Å². The minimum absolute atomic E-state index is 0.147. The smallest absolute Gasteiger partial charge is 0.272 e. The van der Waals surface area contributed by atoms with Crippen LogP contribution >= 0.6 is 11.6 Å². The molecule has 0 spiro atoms. The Morgan fingerprint density at radius 1 is 1.29 bits per heavy atom. The van der Waals surface area contributed by atoms with E-state index in [9.17, 15) is 17.8 Å². The first kappa shape index (κ1) is 24.6. The van der Waals surface area contributed by atoms with Crippen LogP contribution in [-0.2, 0) is 26.7 Å². The fraction of sp³-hybridized carbons (Fsp3) is 0.417. The summed E-state index contributed by atoms with van der Waals surface area (Å²) < 4.78 is 53.6. The van der Waals surface area contributed by atoms with Gasteiger partial charge in [-0.2, -0.15) is 8.42 Å². The molecule has 1 aliphatic heterocycles. The summed E-state index contributed by atoms with van der Waals surface area (Å²) in [6.45, 7) is 1.97. The number of carbonyl (C=O) groups is 1. The lowest BCUT2D eigenvalue weighted by Gasteiger charge is -2.45. The molecule has 3 N–H and O–H groups in total. The number of amides is 1. The van der Waals surface area contributed by atoms with E-state index in [2.05, 4.69) is 0 Å². The standard InChI is InChI=1S/C24H26ClFN2O5S/c1-2-20(34(30,31)32)21(23(27)29)33-19-13-17-14(12-18(19)26)8-11-28-22(17)24(9-3-10-24)15-4-6-16(25)7-5-15/h4-7,12-13,20-21H,2-3,8-11H2,1H3,(H2,27,29)(H,30,31,32). The fourth-order valence-electron chi connectivity index (χ4n) is 4.89. The quantitative estimate of drug-likeness (QED) is 0.525. The van der Waals surface area contributed by atoms with E-state index in [0.717, 1.165) is 36.1 Å². The van der Waals surface area contributed by atoms with Gasteiger partial charge >= 0.3 is 0 Å². The molecule has 1 saturated carbocycles. The van der Waals surface area contributed by atoms with Crippen molar-refractivity contribution in [2.75, 3.05) is 6.54 Å². The number of hydrogen-bond donors (Lipinski definition) is 2. The molecule has 0 aromatic heterocycles. The molecule has 2 unspecified atom stereocenters. The van der Waals surface area contributed by atoms with Gasteiger partial charge in [-0.15, -0.1) is 0 Å². The van der Waals surface area contributed by atoms with Crippen LogP contribution in [0, 0.1) is 5.82 Å². The van der Waals surface area contributed by atoms with Gasteiger partial charge in [0.05, 0.1) is 5.71 Å². The Labute approximate surface area is 202 Å². The zero-order valence-electron chi connectivity index (χ0n) is 18.6. The molecule has 4 rings (SSSR count). The maximum Gasteiger partial charge on any atom is 0.272 e. The summed E-state index contributed by atoms with van der Waals surface area (Å²) in [5, 5.41) is -0.996. The average Bonchev–Trinajstić information content (AvgIpc) is 2.73. The zero-order valence-corrected chi connectivity index (χ0v) is 20.2. The first-order valence-corrected chi connectivity index (χ1v) is 13.0. The molecule has 34 heavy (non-hydrogen) atoms. The van der Waals surface area contributed by atoms with Gasteiger partial charge in [-0.25, -0.2) is 4.39 Å². The normalized spacial score (nSPS) is 18.8. The average molecular weight is 509 g/mol. The number of nitrogens with two attached hydrogens (primary N) is 1. The van der Waals surface area contributed by atoms with Gasteiger partial charge in [-0.05, 0) is 61.1 Å². The highest BCUT2D eigenvalue weighted by molar-refractivity contribution is 7.86. The Balaban J connectivity index is 1.76. The van der Waals surface area contributed by atoms with E-state index in [1.807, 2.05) is 24.3 Å². The SMILES string of the molecule is CCC(C(Oc1cc2c(cc1F)CCN=C2C1(c2ccc(Cl)cc2)CCC1)C(N)=O)S(=O)(=O)O. The van der Waals surface area contributed by atoms with Gasteiger partial charge in [0.15, 0.2) is 17.7 Å². The molecule has 10 heteroatoms. The monoisotopic (exact) mass is 508 g/mol. The van der Waals surface area contributed by atoms with Crippen LogP contribution in [0.15, 0.2) is 41.4 Å². The fourth-order valence-corrected chi connectivity index (χ4v) is 5.94. The van der Waals surface area contributed by atoms with Crippen LogP contribution in [0.5, 0.6) is 5.75 Å². The summed E-state index contributed by atoms with van der Waals surface area (Å²) in [5.74, 6) is -2.18. The van der Waals surface area contributed by atoms with E-state index >= 15 is 4.39 Å². The number of aliphatic imine (C=N–C) groups is 1. The summed E-state index contributed by atoms with van der Waals surface area (Å²) in [7, 11) is -4.66. The Morgan fingerprint density at radius 2 is 1.97 bits per heavy atom. The zero-order chi connectivity index (χ0) is 24.7. The van der Waals surface area contributed by atoms with Gasteiger partial charge in [0.2, 0.25) is 0 Å². The highest BCUT2D eigenvalue weighted by Gasteiger charge is 2.45. The highest BCUT2D eigenvalue weighted by Crippen LogP contribution is 2.48. The van der Waals surface area contributed by atoms with Gasteiger partial charge in [-0.3, -0.25) is 14.3 Å². The van der Waals surface area contributed by atoms with Crippen molar-refractivity contribution in [3.63, 3.8) is 0 Å². The van der Waals surface area contributed by atoms with Crippen molar-refractivity contribution in [1.29, 1.82) is 0 Å². The van der Waals surface area contributed by atoms with E-state index in [4.69, 9.17) is 27.1 Å². The second-order valence-electron chi connectivity index (χ2n) is 8.77. The van der Waals surface area contributed by atoms with Crippen LogP contribution < -0.4 is 10.5 Å². The van der Waals surface area contributed by atoms with Crippen molar-refractivity contribution in [3.8, 4) is 5.75 Å². The molecule has 2 aromatic rings. The molecular formula is C24H26ClFN2O5S. The molecular weight excluding hydrogens is 483 g/mol. The van der Waals surface area contributed by atoms with E-state index in [0.29, 0.717) is 23.6 Å². The predicted molar refractivity (Wildman–Crippen MR) is 128 cm³/mol. The molecule has 0 bridgehead atoms. The molecule has 1 heterocycles. The van der Waals surface area contributed by atoms with Crippen LogP contribution in [-0.4, -0.2) is 42.5 Å². The first-order chi connectivity index (χ1) is 16.1. The topological polar surface area (TPSA) is 119 Å². The van der Waals surface area contributed by atoms with E-state index in [-0.39, 0.29) is 17.6 Å². The summed E-state index contributed by atoms with van der Waals surface area (Å²) in [5.41, 5.74) is 8.34. The molecule has 0 radical (unpaired) electrons. The van der Waals surface area contributed by atoms with Crippen molar-refractivity contribution in [2.45, 2.75) is 55.8 Å². The van der Waals surface area contributed by atoms with Crippen LogP contribution in [0.4, 0.5) is 4.39 Å². The summed E-state index contributed by atoms with van der Waals surface area (Å²) in [4.78, 5) is 16.8. The Morgan fingerprint density at radius 3 is 2.50 bits per heavy atom. The van der Waals surface area contributed by atoms with E-state index < -0.39 is 33.2 Å². The molecule has 1 fully saturated rings. The lowest BCUT2D eigenvalue weighted by Crippen LogP contribution is -2.47. The number of ether oxygens (including phenoxy) is 1. The molecule has 7 nitrogen and oxygen atoms in total. The predicted octanol–water partition coefficient (Wildman–Crippen LogP) is 3.85. The molecule has 2 aliphatic rings. The molecule has 0 saturated heterocycles. The third kappa shape index (κ3) is 4.44. The summed E-state index contributed by atoms with van der Waals surface area (Å²) in [6.07, 6.45) is 1.37. The molecule has 2 aromatic carbocycles. The Hall–Kier alpha value is -2.49. The van der Waals surface area contributed by atoms with Gasteiger partial charge < -0.3 is 10.5 Å². The van der Waals surface area contributed by atoms with Crippen LogP contribution in [0.3, 0.4) is 0 Å². The maximum atomic E-state index is 15.0. The minimum Gasteiger partial charge on any atom is -0.476 e. The molecule has 182 valence electrons. The van der Waals surface area contributed by atoms with E-state index in [1.165, 1.54) is 19.1 Å². The van der Waals surface area contributed by atoms with Gasteiger partial charge in [0, 0.05) is 22.5 Å². The second-order valence-corrected chi connectivity index (χ2v) is 10.8. The van der Waals surface area contributed by atoms with Gasteiger partial charge in [0.25, 0.3) is 16.0 Å². The van der Waals surface area contributed by atoms with E-state index in [1.54, 1.807) is 0 Å². The highest BCUT2D eigenvalue weighted by atomic mass is 35.5. The molecule has 2 atom stereocenters. The number of primary amides is 1. The summed E-state index contributed by atoms with van der Waals surface area (Å²) in [6, 6.07) is 10.4. The Bertz CT molecular complexity index is 1240. The molecule has 1 amide bonds. The summed E-state index contributed by atoms with van der Waals surface area (Å²) >= 11 is 6.08. The Kier molecular flexibility index (Phi) is 6.72. The number of benzene rings is 2. The van der Waals surface area contributed by atoms with Crippen molar-refractivity contribution in [2.24, 2.45) is 10.7 Å². The lowest BCUT2D eigenvalue weighted by molar-refractivity contribution is -0.125. The van der Waals surface area contributed by atoms with Crippen LogP contribution in [0.2, 0.25) is 5.02 Å². The maximum absolute atomic E-state index is 15.0. The largest absolute Gasteiger partial charge is 0.476 e. The number of rotatable bonds is 8. The number of fused-ring (bicyclic) bond motifs is 1. The lowest BCUT2D eigenvalue weighted by atomic mass is 9.59. The van der Waals surface area contributed by atoms with Gasteiger partial charge in [0.1, 0.15) is 5.25 Å². The van der Waals surface area contributed by atoms with Crippen LogP contribution in [0.25, 0.3) is 0 Å². The third-order valence-corrected chi connectivity index (χ3v) is 8.38. The van der Waals surface area contributed by atoms with Crippen molar-refractivity contribution < 1.29 is 26.9 Å². The minimum atomic E-state index is -4.66. The third-order valence-electron chi connectivity index (χ3n) is 6.78.